The van der Waals surface area contributed by atoms with Crippen LogP contribution in [0.2, 0.25) is 0 Å². The lowest BCUT2D eigenvalue weighted by atomic mass is 10.2. The third kappa shape index (κ3) is 1.81. The van der Waals surface area contributed by atoms with Gasteiger partial charge in [0.05, 0.1) is 0 Å². The van der Waals surface area contributed by atoms with Gasteiger partial charge in [-0.1, -0.05) is 0 Å². The molecular weight excluding hydrogens is 145 g/mol. The highest BCUT2D eigenvalue weighted by molar-refractivity contribution is 6.24. The van der Waals surface area contributed by atoms with Crippen LogP contribution in [0.1, 0.15) is 6.42 Å². The van der Waals surface area contributed by atoms with Gasteiger partial charge >= 0.3 is 0 Å². The van der Waals surface area contributed by atoms with E-state index in [0.29, 0.717) is 0 Å². The summed E-state index contributed by atoms with van der Waals surface area (Å²) in [7, 11) is 0. The van der Waals surface area contributed by atoms with Crippen LogP contribution in [0.4, 0.5) is 0 Å². The number of hydrogen-bond acceptors (Lipinski definition) is 1. The molecule has 1 heterocycles. The van der Waals surface area contributed by atoms with E-state index in [2.05, 4.69) is 5.32 Å². The van der Waals surface area contributed by atoms with Crippen LogP contribution >= 0.6 is 23.2 Å². The van der Waals surface area contributed by atoms with E-state index in [0.717, 1.165) is 19.5 Å². The highest BCUT2D eigenvalue weighted by Gasteiger charge is 2.16. The molecule has 0 bridgehead atoms. The second kappa shape index (κ2) is 2.90. The quantitative estimate of drug-likeness (QED) is 0.517. The molecule has 3 heteroatoms. The van der Waals surface area contributed by atoms with Crippen molar-refractivity contribution in [3.63, 3.8) is 0 Å². The largest absolute Gasteiger partial charge is 0.314 e. The minimum Gasteiger partial charge on any atom is -0.314 e. The first kappa shape index (κ1) is 6.66. The van der Waals surface area contributed by atoms with E-state index in [1.54, 1.807) is 0 Å². The molecule has 1 fully saturated rings. The first-order chi connectivity index (χ1) is 3.79. The molecule has 1 saturated heterocycles. The van der Waals surface area contributed by atoms with E-state index in [1.165, 1.54) is 0 Å². The minimum atomic E-state index is 0.242. The maximum atomic E-state index is 5.76. The van der Waals surface area contributed by atoms with Gasteiger partial charge in [-0.2, -0.15) is 0 Å². The Morgan fingerprint density at radius 1 is 1.12 bits per heavy atom. The molecule has 8 heavy (non-hydrogen) atoms. The molecule has 1 nitrogen and oxygen atoms in total. The smallest absolute Gasteiger partial charge is 0.0475 e. The van der Waals surface area contributed by atoms with Crippen molar-refractivity contribution in [3.05, 3.63) is 0 Å². The van der Waals surface area contributed by atoms with Gasteiger partial charge in [-0.05, 0) is 6.42 Å². The number of hydrogen-bond donors (Lipinski definition) is 1. The Hall–Kier alpha value is 0.540. The molecule has 0 radical (unpaired) electrons. The average Bonchev–Trinajstić information content (AvgIpc) is 1.64. The van der Waals surface area contributed by atoms with Crippen LogP contribution in [-0.2, 0) is 0 Å². The fraction of sp³-hybridized carbons (Fsp3) is 1.00. The fourth-order valence-corrected chi connectivity index (χ4v) is 1.58. The highest BCUT2D eigenvalue weighted by atomic mass is 35.5. The molecule has 0 aromatic carbocycles. The first-order valence-electron chi connectivity index (χ1n) is 2.78. The predicted octanol–water partition coefficient (Wildman–Crippen LogP) is 1.19. The Morgan fingerprint density at radius 2 is 1.62 bits per heavy atom. The van der Waals surface area contributed by atoms with Gasteiger partial charge in [0.2, 0.25) is 0 Å². The molecule has 48 valence electrons. The van der Waals surface area contributed by atoms with E-state index in [1.807, 2.05) is 0 Å². The molecule has 1 rings (SSSR count). The second-order valence-corrected chi connectivity index (χ2v) is 3.32. The number of alkyl halides is 2. The van der Waals surface area contributed by atoms with Crippen molar-refractivity contribution < 1.29 is 0 Å². The third-order valence-corrected chi connectivity index (χ3v) is 1.91. The van der Waals surface area contributed by atoms with Crippen LogP contribution in [0, 0.1) is 0 Å². The molecule has 1 aliphatic rings. The summed E-state index contributed by atoms with van der Waals surface area (Å²) in [6.45, 7) is 1.82. The molecule has 2 atom stereocenters. The van der Waals surface area contributed by atoms with Gasteiger partial charge in [-0.3, -0.25) is 0 Å². The second-order valence-electron chi connectivity index (χ2n) is 2.09. The van der Waals surface area contributed by atoms with Crippen LogP contribution in [0.15, 0.2) is 0 Å². The van der Waals surface area contributed by atoms with E-state index in [9.17, 15) is 0 Å². The third-order valence-electron chi connectivity index (χ3n) is 1.24. The monoisotopic (exact) mass is 153 g/mol. The van der Waals surface area contributed by atoms with Crippen LogP contribution < -0.4 is 5.32 Å². The van der Waals surface area contributed by atoms with Crippen LogP contribution in [0.5, 0.6) is 0 Å². The van der Waals surface area contributed by atoms with Crippen molar-refractivity contribution in [2.24, 2.45) is 0 Å². The van der Waals surface area contributed by atoms with E-state index in [4.69, 9.17) is 23.2 Å². The molecular formula is C5H9Cl2N. The molecule has 0 aromatic rings. The summed E-state index contributed by atoms with van der Waals surface area (Å²) < 4.78 is 0. The van der Waals surface area contributed by atoms with Crippen molar-refractivity contribution in [2.75, 3.05) is 13.1 Å². The molecule has 1 N–H and O–H groups in total. The summed E-state index contributed by atoms with van der Waals surface area (Å²) in [4.78, 5) is 0. The Balaban J connectivity index is 2.23. The summed E-state index contributed by atoms with van der Waals surface area (Å²) in [6, 6.07) is 0. The van der Waals surface area contributed by atoms with Gasteiger partial charge in [-0.15, -0.1) is 23.2 Å². The van der Waals surface area contributed by atoms with Gasteiger partial charge in [0.15, 0.2) is 0 Å². The molecule has 0 saturated carbocycles. The molecule has 1 aliphatic heterocycles. The lowest BCUT2D eigenvalue weighted by Crippen LogP contribution is -2.37. The summed E-state index contributed by atoms with van der Waals surface area (Å²) >= 11 is 11.5. The number of nitrogens with one attached hydrogen (secondary N) is 1. The van der Waals surface area contributed by atoms with E-state index >= 15 is 0 Å². The lowest BCUT2D eigenvalue weighted by Gasteiger charge is -2.21. The highest BCUT2D eigenvalue weighted by Crippen LogP contribution is 2.13. The topological polar surface area (TPSA) is 12.0 Å². The van der Waals surface area contributed by atoms with Crippen LogP contribution in [0.25, 0.3) is 0 Å². The summed E-state index contributed by atoms with van der Waals surface area (Å²) in [5, 5.41) is 3.60. The first-order valence-corrected chi connectivity index (χ1v) is 3.65. The zero-order chi connectivity index (χ0) is 5.98. The van der Waals surface area contributed by atoms with Gasteiger partial charge in [0, 0.05) is 23.8 Å². The number of piperidine rings is 1. The van der Waals surface area contributed by atoms with Crippen molar-refractivity contribution >= 4 is 23.2 Å². The van der Waals surface area contributed by atoms with Crippen LogP contribution in [0.3, 0.4) is 0 Å². The standard InChI is InChI=1S/C5H9Cl2N/c6-4-1-5(7)3-8-2-4/h4-5,8H,1-3H2. The fourth-order valence-electron chi connectivity index (χ4n) is 0.841. The minimum absolute atomic E-state index is 0.242. The van der Waals surface area contributed by atoms with Gasteiger partial charge in [-0.25, -0.2) is 0 Å². The van der Waals surface area contributed by atoms with Gasteiger partial charge in [0.1, 0.15) is 0 Å². The zero-order valence-electron chi connectivity index (χ0n) is 4.53. The number of rotatable bonds is 0. The Labute approximate surface area is 59.3 Å². The Kier molecular flexibility index (Phi) is 2.42. The molecule has 0 spiro atoms. The maximum Gasteiger partial charge on any atom is 0.0475 e. The average molecular weight is 154 g/mol. The van der Waals surface area contributed by atoms with Crippen molar-refractivity contribution in [3.8, 4) is 0 Å². The predicted molar refractivity (Wildman–Crippen MR) is 36.8 cm³/mol. The van der Waals surface area contributed by atoms with Crippen molar-refractivity contribution in [1.82, 2.24) is 5.32 Å². The van der Waals surface area contributed by atoms with Crippen LogP contribution in [-0.4, -0.2) is 23.8 Å². The van der Waals surface area contributed by atoms with E-state index < -0.39 is 0 Å². The van der Waals surface area contributed by atoms with Crippen molar-refractivity contribution in [1.29, 1.82) is 0 Å². The van der Waals surface area contributed by atoms with Crippen molar-refractivity contribution in [2.45, 2.75) is 17.2 Å². The summed E-state index contributed by atoms with van der Waals surface area (Å²) in [6.07, 6.45) is 0.941. The lowest BCUT2D eigenvalue weighted by molar-refractivity contribution is 0.533. The molecule has 0 amide bonds. The summed E-state index contributed by atoms with van der Waals surface area (Å²) in [5.74, 6) is 0. The molecule has 0 aromatic heterocycles. The Bertz CT molecular complexity index is 68.8. The summed E-state index contributed by atoms with van der Waals surface area (Å²) in [5.41, 5.74) is 0. The normalized spacial score (nSPS) is 39.8. The van der Waals surface area contributed by atoms with Gasteiger partial charge in [0.25, 0.3) is 0 Å². The SMILES string of the molecule is ClC1CNCC(Cl)C1. The maximum absolute atomic E-state index is 5.76. The van der Waals surface area contributed by atoms with E-state index in [-0.39, 0.29) is 10.8 Å². The molecule has 2 unspecified atom stereocenters. The Morgan fingerprint density at radius 3 is 1.88 bits per heavy atom. The van der Waals surface area contributed by atoms with Gasteiger partial charge < -0.3 is 5.32 Å². The zero-order valence-corrected chi connectivity index (χ0v) is 6.04. The number of halogens is 2. The molecule has 0 aliphatic carbocycles.